The van der Waals surface area contributed by atoms with Crippen molar-refractivity contribution in [3.05, 3.63) is 35.4 Å². The molecule has 5 heteroatoms. The van der Waals surface area contributed by atoms with Crippen molar-refractivity contribution in [3.63, 3.8) is 0 Å². The van der Waals surface area contributed by atoms with E-state index in [1.54, 1.807) is 0 Å². The molecule has 0 aliphatic rings. The molecule has 23 heavy (non-hydrogen) atoms. The number of carbonyl (C=O) groups is 1. The third kappa shape index (κ3) is 6.82. The number of nitrogens with one attached hydrogen (secondary N) is 1. The van der Waals surface area contributed by atoms with Crippen LogP contribution in [0.1, 0.15) is 45.2 Å². The van der Waals surface area contributed by atoms with Gasteiger partial charge in [0.05, 0.1) is 5.71 Å². The maximum absolute atomic E-state index is 11.4. The Bertz CT molecular complexity index is 512. The molecular weight excluding hydrogens is 292 g/mol. The van der Waals surface area contributed by atoms with Gasteiger partial charge in [-0.3, -0.25) is 4.79 Å². The molecule has 0 amide bonds. The quantitative estimate of drug-likeness (QED) is 0.513. The number of carboxylic acid groups (broad SMARTS) is 1. The third-order valence-corrected chi connectivity index (χ3v) is 3.85. The molecule has 1 rings (SSSR count). The van der Waals surface area contributed by atoms with E-state index in [1.165, 1.54) is 0 Å². The van der Waals surface area contributed by atoms with E-state index in [4.69, 9.17) is 4.84 Å². The number of hydrogen-bond donors (Lipinski definition) is 2. The first-order valence-electron chi connectivity index (χ1n) is 8.19. The fraction of sp³-hybridized carbons (Fsp3) is 0.556. The van der Waals surface area contributed by atoms with Crippen LogP contribution in [0.25, 0.3) is 0 Å². The second-order valence-electron chi connectivity index (χ2n) is 5.81. The van der Waals surface area contributed by atoms with Gasteiger partial charge in [-0.05, 0) is 43.9 Å². The van der Waals surface area contributed by atoms with Gasteiger partial charge in [0.25, 0.3) is 0 Å². The van der Waals surface area contributed by atoms with E-state index in [9.17, 15) is 9.90 Å². The van der Waals surface area contributed by atoms with Gasteiger partial charge in [-0.25, -0.2) is 0 Å². The highest BCUT2D eigenvalue weighted by Gasteiger charge is 2.18. The van der Waals surface area contributed by atoms with Crippen LogP contribution >= 0.6 is 0 Å². The highest BCUT2D eigenvalue weighted by atomic mass is 16.6. The Morgan fingerprint density at radius 2 is 1.96 bits per heavy atom. The zero-order valence-corrected chi connectivity index (χ0v) is 14.5. The highest BCUT2D eigenvalue weighted by molar-refractivity contribution is 5.98. The number of rotatable bonds is 10. The van der Waals surface area contributed by atoms with Crippen molar-refractivity contribution in [2.24, 2.45) is 11.1 Å². The standard InChI is InChI=1S/C18H28N2O3/c1-5-13(3)12-19-17(18(21)22)11-15-7-9-16(10-8-15)14(4)20-23-6-2/h7-10,13,17,19H,5-6,11-12H2,1-4H3,(H,21,22)/b20-14-. The predicted molar refractivity (Wildman–Crippen MR) is 92.9 cm³/mol. The molecule has 128 valence electrons. The van der Waals surface area contributed by atoms with Crippen molar-refractivity contribution in [3.8, 4) is 0 Å². The Morgan fingerprint density at radius 1 is 1.30 bits per heavy atom. The lowest BCUT2D eigenvalue weighted by molar-refractivity contribution is -0.139. The molecule has 0 aromatic heterocycles. The van der Waals surface area contributed by atoms with Gasteiger partial charge < -0.3 is 15.3 Å². The van der Waals surface area contributed by atoms with Crippen molar-refractivity contribution in [2.45, 2.75) is 46.6 Å². The summed E-state index contributed by atoms with van der Waals surface area (Å²) in [6, 6.07) is 7.22. The fourth-order valence-electron chi connectivity index (χ4n) is 2.07. The van der Waals surface area contributed by atoms with Crippen LogP contribution in [0.3, 0.4) is 0 Å². The van der Waals surface area contributed by atoms with Crippen LogP contribution in [-0.4, -0.2) is 36.0 Å². The van der Waals surface area contributed by atoms with Crippen LogP contribution in [0.2, 0.25) is 0 Å². The van der Waals surface area contributed by atoms with E-state index < -0.39 is 12.0 Å². The van der Waals surface area contributed by atoms with Gasteiger partial charge >= 0.3 is 5.97 Å². The van der Waals surface area contributed by atoms with E-state index in [2.05, 4.69) is 24.3 Å². The monoisotopic (exact) mass is 320 g/mol. The molecule has 0 spiro atoms. The average molecular weight is 320 g/mol. The molecule has 1 aromatic rings. The molecule has 2 unspecified atom stereocenters. The predicted octanol–water partition coefficient (Wildman–Crippen LogP) is 3.08. The second kappa shape index (κ2) is 10.0. The molecule has 0 saturated carbocycles. The Balaban J connectivity index is 2.68. The highest BCUT2D eigenvalue weighted by Crippen LogP contribution is 2.09. The smallest absolute Gasteiger partial charge is 0.321 e. The molecule has 2 N–H and O–H groups in total. The summed E-state index contributed by atoms with van der Waals surface area (Å²) in [4.78, 5) is 16.4. The van der Waals surface area contributed by atoms with Gasteiger partial charge in [-0.2, -0.15) is 0 Å². The SMILES string of the molecule is CCO/N=C(/C)c1ccc(CC(NCC(C)CC)C(=O)O)cc1. The van der Waals surface area contributed by atoms with Crippen LogP contribution in [0, 0.1) is 5.92 Å². The number of benzene rings is 1. The van der Waals surface area contributed by atoms with Gasteiger partial charge in [0, 0.05) is 0 Å². The van der Waals surface area contributed by atoms with Crippen LogP contribution in [-0.2, 0) is 16.1 Å². The first kappa shape index (κ1) is 19.2. The maximum Gasteiger partial charge on any atom is 0.321 e. The molecule has 0 fully saturated rings. The second-order valence-corrected chi connectivity index (χ2v) is 5.81. The summed E-state index contributed by atoms with van der Waals surface area (Å²) in [5.41, 5.74) is 2.77. The maximum atomic E-state index is 11.4. The first-order chi connectivity index (χ1) is 11.0. The molecule has 0 aliphatic heterocycles. The molecule has 5 nitrogen and oxygen atoms in total. The van der Waals surface area contributed by atoms with Crippen LogP contribution < -0.4 is 5.32 Å². The summed E-state index contributed by atoms with van der Waals surface area (Å²) in [6.45, 7) is 9.24. The molecule has 0 heterocycles. The summed E-state index contributed by atoms with van der Waals surface area (Å²) < 4.78 is 0. The fourth-order valence-corrected chi connectivity index (χ4v) is 2.07. The summed E-state index contributed by atoms with van der Waals surface area (Å²) in [6.07, 6.45) is 1.50. The number of aliphatic carboxylic acids is 1. The van der Waals surface area contributed by atoms with E-state index in [0.717, 1.165) is 23.3 Å². The average Bonchev–Trinajstić information content (AvgIpc) is 2.56. The Labute approximate surface area is 138 Å². The van der Waals surface area contributed by atoms with E-state index in [-0.39, 0.29) is 0 Å². The Morgan fingerprint density at radius 3 is 2.48 bits per heavy atom. The summed E-state index contributed by atoms with van der Waals surface area (Å²) >= 11 is 0. The zero-order valence-electron chi connectivity index (χ0n) is 14.5. The van der Waals surface area contributed by atoms with E-state index >= 15 is 0 Å². The Kier molecular flexibility index (Phi) is 8.33. The number of nitrogens with zero attached hydrogens (tertiary/aromatic N) is 1. The van der Waals surface area contributed by atoms with Crippen molar-refractivity contribution >= 4 is 11.7 Å². The van der Waals surface area contributed by atoms with Crippen LogP contribution in [0.15, 0.2) is 29.4 Å². The molecule has 0 aliphatic carbocycles. The number of oxime groups is 1. The summed E-state index contributed by atoms with van der Waals surface area (Å²) in [5, 5.41) is 16.5. The molecule has 0 bridgehead atoms. The van der Waals surface area contributed by atoms with Crippen molar-refractivity contribution in [1.29, 1.82) is 0 Å². The van der Waals surface area contributed by atoms with Gasteiger partial charge in [0.1, 0.15) is 12.6 Å². The van der Waals surface area contributed by atoms with Gasteiger partial charge in [-0.15, -0.1) is 0 Å². The largest absolute Gasteiger partial charge is 0.480 e. The van der Waals surface area contributed by atoms with E-state index in [0.29, 0.717) is 25.5 Å². The normalized spacial score (nSPS) is 14.3. The van der Waals surface area contributed by atoms with Gasteiger partial charge in [0.15, 0.2) is 0 Å². The molecular formula is C18H28N2O3. The molecule has 0 saturated heterocycles. The first-order valence-corrected chi connectivity index (χ1v) is 8.19. The third-order valence-electron chi connectivity index (χ3n) is 3.85. The topological polar surface area (TPSA) is 70.9 Å². The molecule has 2 atom stereocenters. The van der Waals surface area contributed by atoms with Crippen molar-refractivity contribution in [1.82, 2.24) is 5.32 Å². The van der Waals surface area contributed by atoms with Gasteiger partial charge in [-0.1, -0.05) is 49.7 Å². The van der Waals surface area contributed by atoms with Crippen molar-refractivity contribution < 1.29 is 14.7 Å². The number of carboxylic acids is 1. The minimum atomic E-state index is -0.813. The van der Waals surface area contributed by atoms with E-state index in [1.807, 2.05) is 38.1 Å². The number of hydrogen-bond acceptors (Lipinski definition) is 4. The summed E-state index contributed by atoms with van der Waals surface area (Å²) in [5.74, 6) is -0.344. The Hall–Kier alpha value is -1.88. The lowest BCUT2D eigenvalue weighted by atomic mass is 10.0. The lowest BCUT2D eigenvalue weighted by Crippen LogP contribution is -2.40. The van der Waals surface area contributed by atoms with Crippen molar-refractivity contribution in [2.75, 3.05) is 13.2 Å². The lowest BCUT2D eigenvalue weighted by Gasteiger charge is -2.17. The molecule has 1 aromatic carbocycles. The minimum Gasteiger partial charge on any atom is -0.480 e. The van der Waals surface area contributed by atoms with Crippen LogP contribution in [0.5, 0.6) is 0 Å². The zero-order chi connectivity index (χ0) is 17.2. The van der Waals surface area contributed by atoms with Crippen LogP contribution in [0.4, 0.5) is 0 Å². The van der Waals surface area contributed by atoms with Gasteiger partial charge in [0.2, 0.25) is 0 Å². The minimum absolute atomic E-state index is 0.466. The summed E-state index contributed by atoms with van der Waals surface area (Å²) in [7, 11) is 0. The molecule has 0 radical (unpaired) electrons.